The molecular formula is C27H36F6N2O2. The van der Waals surface area contributed by atoms with Gasteiger partial charge >= 0.3 is 12.4 Å². The molecular weight excluding hydrogens is 498 g/mol. The first-order chi connectivity index (χ1) is 17.1. The molecule has 0 unspecified atom stereocenters. The summed E-state index contributed by atoms with van der Waals surface area (Å²) in [5, 5.41) is 2.53. The third-order valence-corrected chi connectivity index (χ3v) is 5.88. The summed E-state index contributed by atoms with van der Waals surface area (Å²) in [6.07, 6.45) is 3.88. The molecule has 0 saturated heterocycles. The lowest BCUT2D eigenvalue weighted by Gasteiger charge is -2.33. The van der Waals surface area contributed by atoms with Crippen LogP contribution in [0.4, 0.5) is 26.3 Å². The number of ether oxygens (including phenoxy) is 1. The Balaban J connectivity index is 0.000000308. The maximum Gasteiger partial charge on any atom is 0.416 e. The van der Waals surface area contributed by atoms with E-state index in [-0.39, 0.29) is 23.5 Å². The molecule has 0 radical (unpaired) electrons. The zero-order chi connectivity index (χ0) is 28.4. The molecule has 0 bridgehead atoms. The third kappa shape index (κ3) is 11.1. The van der Waals surface area contributed by atoms with Crippen molar-refractivity contribution < 1.29 is 35.9 Å². The van der Waals surface area contributed by atoms with Crippen LogP contribution in [0.3, 0.4) is 0 Å². The Morgan fingerprint density at radius 2 is 1.54 bits per heavy atom. The largest absolute Gasteiger partial charge is 0.416 e. The minimum atomic E-state index is -4.83. The van der Waals surface area contributed by atoms with Gasteiger partial charge in [0.25, 0.3) is 0 Å². The molecule has 37 heavy (non-hydrogen) atoms. The Kier molecular flexibility index (Phi) is 12.6. The van der Waals surface area contributed by atoms with E-state index < -0.39 is 29.6 Å². The van der Waals surface area contributed by atoms with Crippen LogP contribution < -0.4 is 11.1 Å². The van der Waals surface area contributed by atoms with Crippen LogP contribution in [0.5, 0.6) is 0 Å². The van der Waals surface area contributed by atoms with Crippen molar-refractivity contribution in [2.75, 3.05) is 14.2 Å². The Hall–Kier alpha value is -2.59. The highest BCUT2D eigenvalue weighted by atomic mass is 19.4. The fraction of sp³-hybridized carbons (Fsp3) is 0.519. The highest BCUT2D eigenvalue weighted by Gasteiger charge is 2.37. The van der Waals surface area contributed by atoms with E-state index in [1.807, 2.05) is 13.8 Å². The topological polar surface area (TPSA) is 64.3 Å². The first kappa shape index (κ1) is 32.4. The zero-order valence-corrected chi connectivity index (χ0v) is 21.7. The zero-order valence-electron chi connectivity index (χ0n) is 21.7. The van der Waals surface area contributed by atoms with Gasteiger partial charge in [-0.15, -0.1) is 0 Å². The molecule has 3 rings (SSSR count). The van der Waals surface area contributed by atoms with Gasteiger partial charge in [0.15, 0.2) is 0 Å². The van der Waals surface area contributed by atoms with Crippen LogP contribution >= 0.6 is 0 Å². The summed E-state index contributed by atoms with van der Waals surface area (Å²) in [7, 11) is 2.85. The Bertz CT molecular complexity index is 926. The second-order valence-electron chi connectivity index (χ2n) is 9.14. The first-order valence-electron chi connectivity index (χ1n) is 11.9. The highest BCUT2D eigenvalue weighted by Crippen LogP contribution is 2.38. The molecule has 2 aliphatic carbocycles. The number of hydrogen-bond donors (Lipinski definition) is 2. The number of amides is 1. The number of alkyl halides is 6. The molecule has 10 heteroatoms. The third-order valence-electron chi connectivity index (χ3n) is 5.88. The van der Waals surface area contributed by atoms with Crippen molar-refractivity contribution in [2.45, 2.75) is 64.5 Å². The summed E-state index contributed by atoms with van der Waals surface area (Å²) >= 11 is 0. The number of carbonyl (C=O) groups is 1. The standard InChI is InChI=1S/C11H10F6O.C11H15N.C5H11NO/c1-6(18-2)7-3-8(10(12,13)14)5-9(4-7)11(15,16)17;12-11-7-10(8-11)9-5-3-1-2-4-6-9;1-4(2)5(7)6-3/h3-6H,1-2H3;1-3,5-6,10-11H,4,7-8,12H2;4H,1-3H3,(H,6,7)/t6-;;/m1../s1. The van der Waals surface area contributed by atoms with E-state index in [2.05, 4.69) is 35.7 Å². The van der Waals surface area contributed by atoms with Gasteiger partial charge in [0.2, 0.25) is 5.91 Å². The van der Waals surface area contributed by atoms with Crippen molar-refractivity contribution >= 4 is 5.91 Å². The Labute approximate surface area is 214 Å². The summed E-state index contributed by atoms with van der Waals surface area (Å²) in [5.74, 6) is 0.959. The normalized spacial score (nSPS) is 19.9. The number of nitrogens with one attached hydrogen (secondary N) is 1. The lowest BCUT2D eigenvalue weighted by atomic mass is 9.75. The molecule has 1 aromatic rings. The molecule has 208 valence electrons. The van der Waals surface area contributed by atoms with Gasteiger partial charge in [-0.1, -0.05) is 44.2 Å². The number of allylic oxidation sites excluding steroid dienone is 6. The molecule has 1 fully saturated rings. The van der Waals surface area contributed by atoms with Crippen molar-refractivity contribution in [3.63, 3.8) is 0 Å². The maximum absolute atomic E-state index is 12.5. The summed E-state index contributed by atoms with van der Waals surface area (Å²) in [4.78, 5) is 10.4. The summed E-state index contributed by atoms with van der Waals surface area (Å²) in [6, 6.07) is 1.86. The van der Waals surface area contributed by atoms with Crippen LogP contribution in [0.1, 0.15) is 62.8 Å². The lowest BCUT2D eigenvalue weighted by Crippen LogP contribution is -2.36. The molecule has 0 heterocycles. The average molecular weight is 535 g/mol. The van der Waals surface area contributed by atoms with Gasteiger partial charge in [-0.2, -0.15) is 26.3 Å². The number of rotatable bonds is 4. The Morgan fingerprint density at radius 3 is 1.92 bits per heavy atom. The van der Waals surface area contributed by atoms with E-state index in [1.165, 1.54) is 32.4 Å². The van der Waals surface area contributed by atoms with E-state index in [1.54, 1.807) is 7.05 Å². The van der Waals surface area contributed by atoms with E-state index in [0.29, 0.717) is 18.2 Å². The van der Waals surface area contributed by atoms with Crippen molar-refractivity contribution in [2.24, 2.45) is 17.6 Å². The maximum atomic E-state index is 12.5. The molecule has 0 aliphatic heterocycles. The predicted octanol–water partition coefficient (Wildman–Crippen LogP) is 6.99. The van der Waals surface area contributed by atoms with Crippen LogP contribution in [0.25, 0.3) is 0 Å². The van der Waals surface area contributed by atoms with E-state index in [9.17, 15) is 31.1 Å². The van der Waals surface area contributed by atoms with E-state index in [0.717, 1.165) is 12.3 Å². The minimum Gasteiger partial charge on any atom is -0.377 e. The number of carbonyl (C=O) groups excluding carboxylic acids is 1. The molecule has 1 aromatic carbocycles. The number of benzene rings is 1. The van der Waals surface area contributed by atoms with E-state index in [4.69, 9.17) is 10.5 Å². The van der Waals surface area contributed by atoms with Gasteiger partial charge < -0.3 is 15.8 Å². The smallest absolute Gasteiger partial charge is 0.377 e. The van der Waals surface area contributed by atoms with Crippen molar-refractivity contribution in [1.82, 2.24) is 5.32 Å². The SMILES string of the molecule is CNC(=O)C(C)C.CO[C@H](C)c1cc(C(F)(F)F)cc(C(F)(F)F)c1.NC1CC(C2=CCC=CC=C2)C1. The summed E-state index contributed by atoms with van der Waals surface area (Å²) < 4.78 is 79.7. The molecule has 0 spiro atoms. The van der Waals surface area contributed by atoms with Crippen molar-refractivity contribution in [3.8, 4) is 0 Å². The predicted molar refractivity (Wildman–Crippen MR) is 132 cm³/mol. The van der Waals surface area contributed by atoms with Gasteiger partial charge in [0.1, 0.15) is 0 Å². The van der Waals surface area contributed by atoms with Gasteiger partial charge in [-0.25, -0.2) is 0 Å². The average Bonchev–Trinajstić information content (AvgIpc) is 3.09. The fourth-order valence-corrected chi connectivity index (χ4v) is 3.47. The van der Waals surface area contributed by atoms with E-state index >= 15 is 0 Å². The van der Waals surface area contributed by atoms with Crippen LogP contribution in [0.2, 0.25) is 0 Å². The second kappa shape index (κ2) is 14.4. The van der Waals surface area contributed by atoms with Gasteiger partial charge in [0.05, 0.1) is 17.2 Å². The van der Waals surface area contributed by atoms with Crippen LogP contribution in [-0.4, -0.2) is 26.1 Å². The summed E-state index contributed by atoms with van der Waals surface area (Å²) in [5.41, 5.74) is 4.39. The monoisotopic (exact) mass is 534 g/mol. The van der Waals surface area contributed by atoms with Gasteiger partial charge in [-0.3, -0.25) is 4.79 Å². The lowest BCUT2D eigenvalue weighted by molar-refractivity contribution is -0.143. The molecule has 1 atom stereocenters. The van der Waals surface area contributed by atoms with Crippen molar-refractivity contribution in [3.05, 3.63) is 70.8 Å². The van der Waals surface area contributed by atoms with Crippen LogP contribution in [-0.2, 0) is 21.9 Å². The summed E-state index contributed by atoms with van der Waals surface area (Å²) in [6.45, 7) is 5.09. The van der Waals surface area contributed by atoms with Gasteiger partial charge in [-0.05, 0) is 61.4 Å². The highest BCUT2D eigenvalue weighted by molar-refractivity contribution is 5.77. The van der Waals surface area contributed by atoms with Crippen molar-refractivity contribution in [1.29, 1.82) is 0 Å². The van der Waals surface area contributed by atoms with Gasteiger partial charge in [0, 0.05) is 26.1 Å². The molecule has 1 amide bonds. The fourth-order valence-electron chi connectivity index (χ4n) is 3.47. The number of halogens is 6. The molecule has 3 N–H and O–H groups in total. The minimum absolute atomic E-state index is 0.0892. The van der Waals surface area contributed by atoms with Crippen LogP contribution in [0.15, 0.2) is 54.2 Å². The molecule has 2 aliphatic rings. The second-order valence-corrected chi connectivity index (χ2v) is 9.14. The number of hydrogen-bond acceptors (Lipinski definition) is 3. The number of nitrogens with two attached hydrogens (primary N) is 1. The number of methoxy groups -OCH3 is 1. The molecule has 1 saturated carbocycles. The quantitative estimate of drug-likeness (QED) is 0.410. The van der Waals surface area contributed by atoms with Crippen LogP contribution in [0, 0.1) is 11.8 Å². The molecule has 0 aromatic heterocycles. The first-order valence-corrected chi connectivity index (χ1v) is 11.9. The molecule has 4 nitrogen and oxygen atoms in total. The Morgan fingerprint density at radius 1 is 1.00 bits per heavy atom.